The highest BCUT2D eigenvalue weighted by atomic mass is 14.2. The van der Waals surface area contributed by atoms with E-state index in [2.05, 4.69) is 63.8 Å². The third-order valence-corrected chi connectivity index (χ3v) is 3.06. The molecule has 16 heavy (non-hydrogen) atoms. The zero-order valence-corrected chi connectivity index (χ0v) is 10.9. The van der Waals surface area contributed by atoms with Crippen molar-refractivity contribution in [2.45, 2.75) is 47.0 Å². The van der Waals surface area contributed by atoms with Crippen molar-refractivity contribution in [1.82, 2.24) is 0 Å². The van der Waals surface area contributed by atoms with Crippen molar-refractivity contribution in [3.8, 4) is 11.8 Å². The van der Waals surface area contributed by atoms with Gasteiger partial charge in [-0.3, -0.25) is 0 Å². The summed E-state index contributed by atoms with van der Waals surface area (Å²) in [4.78, 5) is 0. The van der Waals surface area contributed by atoms with Crippen molar-refractivity contribution in [2.75, 3.05) is 0 Å². The van der Waals surface area contributed by atoms with E-state index in [0.717, 1.165) is 19.3 Å². The maximum atomic E-state index is 3.41. The first kappa shape index (κ1) is 12.8. The summed E-state index contributed by atoms with van der Waals surface area (Å²) in [6.07, 6.45) is 3.11. The molecule has 0 aliphatic carbocycles. The van der Waals surface area contributed by atoms with Crippen molar-refractivity contribution in [2.24, 2.45) is 5.41 Å². The summed E-state index contributed by atoms with van der Waals surface area (Å²) < 4.78 is 0. The minimum absolute atomic E-state index is 0.130. The van der Waals surface area contributed by atoms with E-state index >= 15 is 0 Å². The number of benzene rings is 1. The summed E-state index contributed by atoms with van der Waals surface area (Å²) in [5.74, 6) is 6.63. The molecule has 1 atom stereocenters. The van der Waals surface area contributed by atoms with E-state index in [9.17, 15) is 0 Å². The molecule has 0 saturated heterocycles. The molecular formula is C16H22. The van der Waals surface area contributed by atoms with Crippen LogP contribution in [0.15, 0.2) is 24.3 Å². The van der Waals surface area contributed by atoms with E-state index in [1.807, 2.05) is 0 Å². The van der Waals surface area contributed by atoms with Gasteiger partial charge < -0.3 is 0 Å². The minimum Gasteiger partial charge on any atom is -0.103 e. The van der Waals surface area contributed by atoms with E-state index < -0.39 is 0 Å². The highest BCUT2D eigenvalue weighted by molar-refractivity contribution is 5.24. The molecule has 86 valence electrons. The van der Waals surface area contributed by atoms with Gasteiger partial charge in [0.15, 0.2) is 0 Å². The van der Waals surface area contributed by atoms with Gasteiger partial charge in [-0.25, -0.2) is 0 Å². The Hall–Kier alpha value is -1.22. The molecule has 0 saturated carbocycles. The van der Waals surface area contributed by atoms with Crippen LogP contribution in [0, 0.1) is 24.2 Å². The molecule has 1 aromatic rings. The lowest BCUT2D eigenvalue weighted by molar-refractivity contribution is 0.428. The van der Waals surface area contributed by atoms with Crippen LogP contribution in [0.1, 0.15) is 44.7 Å². The van der Waals surface area contributed by atoms with Gasteiger partial charge in [0.25, 0.3) is 0 Å². The van der Waals surface area contributed by atoms with Gasteiger partial charge in [-0.1, -0.05) is 49.6 Å². The SMILES string of the molecule is CCC#CC(C)(CC)Cc1ccc(C)cc1. The molecule has 1 rings (SSSR count). The zero-order chi connectivity index (χ0) is 12.0. The van der Waals surface area contributed by atoms with E-state index in [0.29, 0.717) is 0 Å². The molecule has 0 aliphatic rings. The maximum Gasteiger partial charge on any atom is 0.0324 e. The first-order chi connectivity index (χ1) is 7.59. The second kappa shape index (κ2) is 5.75. The van der Waals surface area contributed by atoms with Crippen molar-refractivity contribution in [3.05, 3.63) is 35.4 Å². The quantitative estimate of drug-likeness (QED) is 0.655. The number of aryl methyl sites for hydroxylation is 1. The first-order valence-corrected chi connectivity index (χ1v) is 6.15. The standard InChI is InChI=1S/C16H22/c1-5-7-12-16(4,6-2)13-15-10-8-14(3)9-11-15/h8-11H,5-6,13H2,1-4H3. The molecule has 0 aliphatic heterocycles. The fraction of sp³-hybridized carbons (Fsp3) is 0.500. The van der Waals surface area contributed by atoms with Crippen LogP contribution in [0.2, 0.25) is 0 Å². The van der Waals surface area contributed by atoms with E-state index in [1.165, 1.54) is 11.1 Å². The third kappa shape index (κ3) is 3.74. The van der Waals surface area contributed by atoms with Crippen molar-refractivity contribution in [3.63, 3.8) is 0 Å². The van der Waals surface area contributed by atoms with Crippen LogP contribution in [0.25, 0.3) is 0 Å². The average molecular weight is 214 g/mol. The van der Waals surface area contributed by atoms with Crippen LogP contribution >= 0.6 is 0 Å². The Bertz CT molecular complexity index is 375. The zero-order valence-electron chi connectivity index (χ0n) is 10.9. The van der Waals surface area contributed by atoms with E-state index in [-0.39, 0.29) is 5.41 Å². The van der Waals surface area contributed by atoms with Crippen LogP contribution in [0.5, 0.6) is 0 Å². The number of hydrogen-bond donors (Lipinski definition) is 0. The van der Waals surface area contributed by atoms with Crippen molar-refractivity contribution >= 4 is 0 Å². The Morgan fingerprint density at radius 3 is 2.25 bits per heavy atom. The summed E-state index contributed by atoms with van der Waals surface area (Å²) in [7, 11) is 0. The molecule has 0 aromatic heterocycles. The van der Waals surface area contributed by atoms with Gasteiger partial charge in [-0.05, 0) is 32.3 Å². The lowest BCUT2D eigenvalue weighted by atomic mass is 9.81. The summed E-state index contributed by atoms with van der Waals surface area (Å²) in [6, 6.07) is 8.80. The summed E-state index contributed by atoms with van der Waals surface area (Å²) in [5.41, 5.74) is 2.84. The Balaban J connectivity index is 2.80. The van der Waals surface area contributed by atoms with Gasteiger partial charge >= 0.3 is 0 Å². The highest BCUT2D eigenvalue weighted by Crippen LogP contribution is 2.25. The predicted octanol–water partition coefficient (Wildman–Crippen LogP) is 4.37. The topological polar surface area (TPSA) is 0 Å². The van der Waals surface area contributed by atoms with Crippen molar-refractivity contribution < 1.29 is 0 Å². The van der Waals surface area contributed by atoms with Gasteiger partial charge in [0.1, 0.15) is 0 Å². The van der Waals surface area contributed by atoms with Gasteiger partial charge in [-0.15, -0.1) is 5.92 Å². The van der Waals surface area contributed by atoms with Crippen LogP contribution in [0.4, 0.5) is 0 Å². The minimum atomic E-state index is 0.130. The number of rotatable bonds is 3. The molecule has 0 fully saturated rings. The Kier molecular flexibility index (Phi) is 4.62. The van der Waals surface area contributed by atoms with Gasteiger partial charge in [0, 0.05) is 11.8 Å². The molecule has 0 N–H and O–H groups in total. The molecule has 0 radical (unpaired) electrons. The molecule has 0 heterocycles. The molecule has 1 unspecified atom stereocenters. The molecule has 0 heteroatoms. The predicted molar refractivity (Wildman–Crippen MR) is 71.3 cm³/mol. The normalized spacial score (nSPS) is 13.8. The smallest absolute Gasteiger partial charge is 0.0324 e. The molecule has 0 nitrogen and oxygen atoms in total. The summed E-state index contributed by atoms with van der Waals surface area (Å²) in [6.45, 7) is 8.71. The van der Waals surface area contributed by atoms with Crippen molar-refractivity contribution in [1.29, 1.82) is 0 Å². The van der Waals surface area contributed by atoms with Crippen LogP contribution in [-0.2, 0) is 6.42 Å². The largest absolute Gasteiger partial charge is 0.103 e. The summed E-state index contributed by atoms with van der Waals surface area (Å²) >= 11 is 0. The lowest BCUT2D eigenvalue weighted by Gasteiger charge is -2.21. The Morgan fingerprint density at radius 1 is 1.12 bits per heavy atom. The molecule has 0 amide bonds. The maximum absolute atomic E-state index is 3.41. The van der Waals surface area contributed by atoms with Gasteiger partial charge in [0.2, 0.25) is 0 Å². The lowest BCUT2D eigenvalue weighted by Crippen LogP contribution is -2.16. The van der Waals surface area contributed by atoms with Gasteiger partial charge in [0.05, 0.1) is 0 Å². The average Bonchev–Trinajstić information content (AvgIpc) is 2.30. The second-order valence-electron chi connectivity index (χ2n) is 4.73. The molecule has 0 bridgehead atoms. The number of hydrogen-bond acceptors (Lipinski definition) is 0. The molecule has 1 aromatic carbocycles. The fourth-order valence-corrected chi connectivity index (χ4v) is 1.72. The van der Waals surface area contributed by atoms with E-state index in [4.69, 9.17) is 0 Å². The fourth-order valence-electron chi connectivity index (χ4n) is 1.72. The van der Waals surface area contributed by atoms with Crippen LogP contribution < -0.4 is 0 Å². The van der Waals surface area contributed by atoms with E-state index in [1.54, 1.807) is 0 Å². The van der Waals surface area contributed by atoms with Gasteiger partial charge in [-0.2, -0.15) is 0 Å². The third-order valence-electron chi connectivity index (χ3n) is 3.06. The van der Waals surface area contributed by atoms with Crippen LogP contribution in [0.3, 0.4) is 0 Å². The second-order valence-corrected chi connectivity index (χ2v) is 4.73. The first-order valence-electron chi connectivity index (χ1n) is 6.15. The monoisotopic (exact) mass is 214 g/mol. The summed E-state index contributed by atoms with van der Waals surface area (Å²) in [5, 5.41) is 0. The Morgan fingerprint density at radius 2 is 1.75 bits per heavy atom. The molecular weight excluding hydrogens is 192 g/mol. The Labute approximate surface area is 100 Å². The molecule has 0 spiro atoms. The highest BCUT2D eigenvalue weighted by Gasteiger charge is 2.19. The van der Waals surface area contributed by atoms with Crippen LogP contribution in [-0.4, -0.2) is 0 Å².